The molecule has 16 nitrogen and oxygen atoms in total. The molecule has 16 heteroatoms. The summed E-state index contributed by atoms with van der Waals surface area (Å²) in [5, 5.41) is 104. The summed E-state index contributed by atoms with van der Waals surface area (Å²) in [6, 6.07) is 9.30. The van der Waals surface area contributed by atoms with Crippen molar-refractivity contribution in [1.82, 2.24) is 10.6 Å². The van der Waals surface area contributed by atoms with Crippen LogP contribution in [0.4, 0.5) is 0 Å². The fourth-order valence-corrected chi connectivity index (χ4v) is 15.5. The quantitative estimate of drug-likeness (QED) is 0.118. The van der Waals surface area contributed by atoms with E-state index in [4.69, 9.17) is 4.74 Å². The Morgan fingerprint density at radius 2 is 1.52 bits per heavy atom. The number of carboxylic acid groups (broad SMARTS) is 3. The molecule has 1 amide bonds. The fraction of sp³-hybridized carbons (Fsp3) is 0.218. The Hall–Kier alpha value is -8.15. The Kier molecular flexibility index (Phi) is 7.01. The number of hydrogen-bond acceptors (Lipinski definition) is 12. The van der Waals surface area contributed by atoms with E-state index in [1.165, 1.54) is 18.2 Å². The SMILES string of the molecule is C=Cc1ccc(CNCCNC(=O)c2cc3c4c5c2C=C2C=C6C(C(=O)O)=CC7=C8C9C(=C(C(=O)O)C7=O)C=C(O)C7=CC%10=C(O)C%11=CC(C(=O)O)=C(C=C3O)C4C%11(O)C3C%10=C(C4C68OC24C53)C79O)cc1. The first-order valence-corrected chi connectivity index (χ1v) is 23.1. The lowest BCUT2D eigenvalue weighted by Crippen LogP contribution is -2.85. The van der Waals surface area contributed by atoms with Crippen molar-refractivity contribution in [2.24, 2.45) is 17.8 Å². The molecule has 9 unspecified atom stereocenters. The smallest absolute Gasteiger partial charge is 0.340 e. The maximum absolute atomic E-state index is 14.8. The number of carbonyl (C=O) groups is 5. The molecule has 14 aliphatic rings. The molecule has 10 N–H and O–H groups in total. The fourth-order valence-electron chi connectivity index (χ4n) is 15.5. The van der Waals surface area contributed by atoms with Gasteiger partial charge >= 0.3 is 17.9 Å². The second-order valence-corrected chi connectivity index (χ2v) is 20.3. The molecule has 0 aromatic heterocycles. The summed E-state index contributed by atoms with van der Waals surface area (Å²) in [5.74, 6) is -14.0. The Balaban J connectivity index is 1.02. The molecule has 2 aromatic carbocycles. The molecule has 9 atom stereocenters. The molecule has 12 aliphatic carbocycles. The molecule has 0 radical (unpaired) electrons. The summed E-state index contributed by atoms with van der Waals surface area (Å²) in [7, 11) is 0. The van der Waals surface area contributed by atoms with Crippen LogP contribution in [0, 0.1) is 17.8 Å². The predicted molar refractivity (Wildman–Crippen MR) is 247 cm³/mol. The van der Waals surface area contributed by atoms with Crippen molar-refractivity contribution in [2.45, 2.75) is 40.8 Å². The predicted octanol–water partition coefficient (Wildman–Crippen LogP) is 4.25. The standard InChI is InChI=1S/C55H36N2O14/c1-2-18-3-5-19(6-4-18)17-56-7-8-57-48(62)23-11-26-33(58)15-22-24(49(63)64)13-32-45(60)28-14-31-34(59)16-27-38(51(67)68)46(61)29-12-25(50(65)66)30-10-20-9-21(23)35-36(26)39(22)53(32,70)42-37(28)44-47-54(20,43(35)42)71-55(30,47)41(29)40(27)52(31,44)69/h2-6,9-16,39-40,42-43,47,56,58-60,69-70H,1,7-8,17H2,(H,57,62)(H,63,64)(H,65,66)(H,67,68). The number of aliphatic hydroxyl groups excluding tert-OH is 3. The van der Waals surface area contributed by atoms with Crippen LogP contribution in [-0.4, -0.2) is 106 Å². The van der Waals surface area contributed by atoms with Gasteiger partial charge in [0.15, 0.2) is 0 Å². The highest BCUT2D eigenvalue weighted by Gasteiger charge is 2.88. The second kappa shape index (κ2) is 12.2. The number of rotatable bonds is 10. The number of hydrogen-bond donors (Lipinski definition) is 10. The van der Waals surface area contributed by atoms with E-state index in [1.807, 2.05) is 24.3 Å². The van der Waals surface area contributed by atoms with E-state index >= 15 is 0 Å². The molecule has 1 saturated carbocycles. The zero-order chi connectivity index (χ0) is 49.1. The molecule has 16 rings (SSSR count). The maximum Gasteiger partial charge on any atom is 0.340 e. The Labute approximate surface area is 400 Å². The number of aliphatic carboxylic acids is 3. The van der Waals surface area contributed by atoms with Crippen LogP contribution in [0.5, 0.6) is 0 Å². The van der Waals surface area contributed by atoms with Crippen LogP contribution in [0.2, 0.25) is 0 Å². The third-order valence-electron chi connectivity index (χ3n) is 17.8. The summed E-state index contributed by atoms with van der Waals surface area (Å²) in [5.41, 5.74) is -6.55. The lowest BCUT2D eigenvalue weighted by Gasteiger charge is -2.80. The van der Waals surface area contributed by atoms with E-state index in [2.05, 4.69) is 17.2 Å². The van der Waals surface area contributed by atoms with Gasteiger partial charge in [0.25, 0.3) is 5.91 Å². The second-order valence-electron chi connectivity index (χ2n) is 20.3. The molecule has 2 aliphatic heterocycles. The van der Waals surface area contributed by atoms with E-state index < -0.39 is 104 Å². The van der Waals surface area contributed by atoms with E-state index in [0.29, 0.717) is 29.8 Å². The first-order valence-electron chi connectivity index (χ1n) is 23.1. The van der Waals surface area contributed by atoms with Crippen molar-refractivity contribution in [1.29, 1.82) is 0 Å². The topological polar surface area (TPSA) is 280 Å². The van der Waals surface area contributed by atoms with Crippen molar-refractivity contribution < 1.29 is 69.6 Å². The minimum absolute atomic E-state index is 0.0121. The third kappa shape index (κ3) is 4.05. The zero-order valence-electron chi connectivity index (χ0n) is 36.7. The number of ketones is 1. The number of amides is 1. The van der Waals surface area contributed by atoms with Crippen LogP contribution in [0.1, 0.15) is 55.6 Å². The molecule has 2 aromatic rings. The Morgan fingerprint density at radius 3 is 2.24 bits per heavy atom. The highest BCUT2D eigenvalue weighted by Crippen LogP contribution is 2.85. The number of carbonyl (C=O) groups excluding carboxylic acids is 2. The summed E-state index contributed by atoms with van der Waals surface area (Å²) >= 11 is 0. The number of nitrogens with one attached hydrogen (secondary N) is 2. The summed E-state index contributed by atoms with van der Waals surface area (Å²) in [6.45, 7) is 4.82. The van der Waals surface area contributed by atoms with Gasteiger partial charge in [-0.15, -0.1) is 0 Å². The average Bonchev–Trinajstić information content (AvgIpc) is 3.33. The molecule has 2 spiro atoms. The van der Waals surface area contributed by atoms with Gasteiger partial charge in [0.05, 0.1) is 17.1 Å². The van der Waals surface area contributed by atoms with Crippen LogP contribution < -0.4 is 10.6 Å². The first kappa shape index (κ1) is 40.7. The highest BCUT2D eigenvalue weighted by molar-refractivity contribution is 6.28. The highest BCUT2D eigenvalue weighted by atomic mass is 16.6. The van der Waals surface area contributed by atoms with E-state index in [9.17, 15) is 64.8 Å². The summed E-state index contributed by atoms with van der Waals surface area (Å²) < 4.78 is 7.52. The summed E-state index contributed by atoms with van der Waals surface area (Å²) in [4.78, 5) is 69.3. The number of benzene rings is 2. The Morgan fingerprint density at radius 1 is 0.761 bits per heavy atom. The van der Waals surface area contributed by atoms with Crippen LogP contribution in [0.15, 0.2) is 163 Å². The number of carboxylic acids is 3. The normalized spacial score (nSPS) is 34.1. The van der Waals surface area contributed by atoms with E-state index in [0.717, 1.165) is 29.4 Å². The Bertz CT molecular complexity index is 3730. The monoisotopic (exact) mass is 948 g/mol. The lowest BCUT2D eigenvalue weighted by atomic mass is 9.30. The van der Waals surface area contributed by atoms with Crippen molar-refractivity contribution in [2.75, 3.05) is 13.1 Å². The molecule has 2 fully saturated rings. The number of Topliss-reactive ketones (excluding diaryl/α,β-unsaturated/α-hetero) is 1. The summed E-state index contributed by atoms with van der Waals surface area (Å²) in [6.07, 6.45) is 11.0. The van der Waals surface area contributed by atoms with Crippen LogP contribution in [0.3, 0.4) is 0 Å². The van der Waals surface area contributed by atoms with Gasteiger partial charge in [0.2, 0.25) is 5.78 Å². The van der Waals surface area contributed by atoms with Gasteiger partial charge in [-0.25, -0.2) is 14.4 Å². The molecular formula is C55H36N2O14. The minimum atomic E-state index is -2.40. The first-order chi connectivity index (χ1) is 34.0. The van der Waals surface area contributed by atoms with Crippen LogP contribution in [0.25, 0.3) is 17.9 Å². The van der Waals surface area contributed by atoms with E-state index in [1.54, 1.807) is 18.2 Å². The van der Waals surface area contributed by atoms with Gasteiger partial charge in [0.1, 0.15) is 45.3 Å². The minimum Gasteiger partial charge on any atom is -0.508 e. The van der Waals surface area contributed by atoms with Gasteiger partial charge in [0, 0.05) is 82.3 Å². The lowest BCUT2D eigenvalue weighted by molar-refractivity contribution is -0.308. The van der Waals surface area contributed by atoms with Gasteiger partial charge in [-0.05, 0) is 110 Å². The molecule has 1 saturated heterocycles. The number of allylic oxidation sites excluding steroid dienone is 6. The molecule has 2 bridgehead atoms. The third-order valence-corrected chi connectivity index (χ3v) is 17.8. The molecule has 350 valence electrons. The maximum atomic E-state index is 14.8. The largest absolute Gasteiger partial charge is 0.508 e. The molecule has 2 heterocycles. The van der Waals surface area contributed by atoms with Crippen molar-refractivity contribution in [3.05, 3.63) is 202 Å². The van der Waals surface area contributed by atoms with Gasteiger partial charge in [-0.3, -0.25) is 9.59 Å². The average molecular weight is 949 g/mol. The van der Waals surface area contributed by atoms with Gasteiger partial charge in [-0.2, -0.15) is 0 Å². The van der Waals surface area contributed by atoms with Crippen LogP contribution in [-0.2, 0) is 30.5 Å². The van der Waals surface area contributed by atoms with Crippen molar-refractivity contribution >= 4 is 47.5 Å². The number of ether oxygens (including phenoxy) is 1. The van der Waals surface area contributed by atoms with Gasteiger partial charge < -0.3 is 56.2 Å². The van der Waals surface area contributed by atoms with Crippen molar-refractivity contribution in [3.63, 3.8) is 0 Å². The number of aliphatic hydroxyl groups is 5. The molecule has 71 heavy (non-hydrogen) atoms. The van der Waals surface area contributed by atoms with E-state index in [-0.39, 0.29) is 90.1 Å². The molecular weight excluding hydrogens is 913 g/mol. The van der Waals surface area contributed by atoms with Crippen LogP contribution >= 0.6 is 0 Å². The zero-order valence-corrected chi connectivity index (χ0v) is 36.7. The van der Waals surface area contributed by atoms with Crippen molar-refractivity contribution in [3.8, 4) is 0 Å². The van der Waals surface area contributed by atoms with Gasteiger partial charge in [-0.1, -0.05) is 36.9 Å².